The highest BCUT2D eigenvalue weighted by molar-refractivity contribution is 6.32. The van der Waals surface area contributed by atoms with Gasteiger partial charge in [-0.3, -0.25) is 4.79 Å². The van der Waals surface area contributed by atoms with E-state index in [1.807, 2.05) is 13.8 Å². The molecule has 1 saturated heterocycles. The van der Waals surface area contributed by atoms with E-state index in [1.54, 1.807) is 23.2 Å². The van der Waals surface area contributed by atoms with Crippen LogP contribution in [0.25, 0.3) is 0 Å². The summed E-state index contributed by atoms with van der Waals surface area (Å²) in [7, 11) is 0. The van der Waals surface area contributed by atoms with Crippen LogP contribution in [0.2, 0.25) is 5.15 Å². The van der Waals surface area contributed by atoms with Crippen molar-refractivity contribution in [2.45, 2.75) is 26.0 Å². The number of carbonyl (C=O) groups excluding carboxylic acids is 1. The number of ether oxygens (including phenoxy) is 1. The predicted octanol–water partition coefficient (Wildman–Crippen LogP) is 1.98. The third-order valence-electron chi connectivity index (χ3n) is 2.86. The fourth-order valence-corrected chi connectivity index (χ4v) is 2.09. The van der Waals surface area contributed by atoms with Crippen molar-refractivity contribution in [1.82, 2.24) is 9.88 Å². The summed E-state index contributed by atoms with van der Waals surface area (Å²) < 4.78 is 5.49. The molecule has 5 heteroatoms. The van der Waals surface area contributed by atoms with Gasteiger partial charge in [0.05, 0.1) is 24.3 Å². The van der Waals surface area contributed by atoms with Gasteiger partial charge in [-0.25, -0.2) is 4.98 Å². The maximum absolute atomic E-state index is 12.3. The fraction of sp³-hybridized carbons (Fsp3) is 0.500. The number of hydrogen-bond donors (Lipinski definition) is 0. The van der Waals surface area contributed by atoms with E-state index in [9.17, 15) is 4.79 Å². The molecule has 4 nitrogen and oxygen atoms in total. The van der Waals surface area contributed by atoms with E-state index in [4.69, 9.17) is 16.3 Å². The number of nitrogens with zero attached hydrogens (tertiary/aromatic N) is 2. The molecule has 2 heterocycles. The summed E-state index contributed by atoms with van der Waals surface area (Å²) in [6.07, 6.45) is 1.63. The summed E-state index contributed by atoms with van der Waals surface area (Å²) in [6.45, 7) is 5.07. The van der Waals surface area contributed by atoms with Crippen molar-refractivity contribution in [3.63, 3.8) is 0 Å². The van der Waals surface area contributed by atoms with Crippen molar-refractivity contribution in [3.05, 3.63) is 29.0 Å². The zero-order chi connectivity index (χ0) is 12.4. The van der Waals surface area contributed by atoms with E-state index in [2.05, 4.69) is 4.98 Å². The first-order chi connectivity index (χ1) is 8.09. The lowest BCUT2D eigenvalue weighted by Crippen LogP contribution is -2.50. The Morgan fingerprint density at radius 3 is 3.06 bits per heavy atom. The maximum atomic E-state index is 12.3. The average molecular weight is 255 g/mol. The van der Waals surface area contributed by atoms with Crippen LogP contribution in [0.5, 0.6) is 0 Å². The molecular weight excluding hydrogens is 240 g/mol. The highest BCUT2D eigenvalue weighted by Gasteiger charge is 2.29. The quantitative estimate of drug-likeness (QED) is 0.720. The zero-order valence-corrected chi connectivity index (χ0v) is 10.6. The number of aromatic nitrogens is 1. The van der Waals surface area contributed by atoms with Gasteiger partial charge in [0.1, 0.15) is 5.15 Å². The van der Waals surface area contributed by atoms with Crippen LogP contribution in [0.4, 0.5) is 0 Å². The highest BCUT2D eigenvalue weighted by atomic mass is 35.5. The van der Waals surface area contributed by atoms with Crippen LogP contribution in [-0.4, -0.2) is 41.1 Å². The Balaban J connectivity index is 2.22. The molecule has 0 bridgehead atoms. The van der Waals surface area contributed by atoms with Gasteiger partial charge in [-0.2, -0.15) is 0 Å². The second-order valence-corrected chi connectivity index (χ2v) is 4.65. The summed E-state index contributed by atoms with van der Waals surface area (Å²) in [4.78, 5) is 18.0. The van der Waals surface area contributed by atoms with E-state index >= 15 is 0 Å². The molecule has 0 aromatic carbocycles. The van der Waals surface area contributed by atoms with Gasteiger partial charge >= 0.3 is 0 Å². The normalized spacial score (nSPS) is 24.8. The van der Waals surface area contributed by atoms with Crippen molar-refractivity contribution >= 4 is 17.5 Å². The Morgan fingerprint density at radius 2 is 2.35 bits per heavy atom. The van der Waals surface area contributed by atoms with Crippen LogP contribution in [0.1, 0.15) is 24.2 Å². The van der Waals surface area contributed by atoms with Crippen LogP contribution in [0, 0.1) is 0 Å². The molecule has 1 aromatic heterocycles. The van der Waals surface area contributed by atoms with Gasteiger partial charge in [-0.15, -0.1) is 0 Å². The second-order valence-electron chi connectivity index (χ2n) is 4.29. The summed E-state index contributed by atoms with van der Waals surface area (Å²) in [5.74, 6) is -0.0780. The Hall–Kier alpha value is -1.13. The Labute approximate surface area is 106 Å². The van der Waals surface area contributed by atoms with Gasteiger partial charge in [-0.05, 0) is 26.0 Å². The molecule has 1 aliphatic rings. The minimum atomic E-state index is -0.0780. The topological polar surface area (TPSA) is 42.4 Å². The molecule has 2 atom stereocenters. The molecule has 0 saturated carbocycles. The number of hydrogen-bond acceptors (Lipinski definition) is 3. The fourth-order valence-electron chi connectivity index (χ4n) is 1.89. The van der Waals surface area contributed by atoms with Crippen LogP contribution in [-0.2, 0) is 4.74 Å². The molecule has 0 aliphatic carbocycles. The summed E-state index contributed by atoms with van der Waals surface area (Å²) in [5, 5.41) is 0.254. The second kappa shape index (κ2) is 5.02. The molecule has 92 valence electrons. The highest BCUT2D eigenvalue weighted by Crippen LogP contribution is 2.19. The first-order valence-electron chi connectivity index (χ1n) is 5.62. The molecule has 2 rings (SSSR count). The van der Waals surface area contributed by atoms with Crippen LogP contribution in [0.15, 0.2) is 18.3 Å². The summed E-state index contributed by atoms with van der Waals surface area (Å²) >= 11 is 5.93. The van der Waals surface area contributed by atoms with Gasteiger partial charge in [0.2, 0.25) is 0 Å². The molecule has 17 heavy (non-hydrogen) atoms. The molecule has 0 radical (unpaired) electrons. The van der Waals surface area contributed by atoms with Gasteiger partial charge in [-0.1, -0.05) is 11.6 Å². The minimum Gasteiger partial charge on any atom is -0.375 e. The molecule has 1 aromatic rings. The largest absolute Gasteiger partial charge is 0.375 e. The standard InChI is InChI=1S/C12H15ClN2O2/c1-8-7-17-9(2)6-15(8)12(16)10-4-3-5-14-11(10)13/h3-5,8-9H,6-7H2,1-2H3. The molecule has 2 unspecified atom stereocenters. The predicted molar refractivity (Wildman–Crippen MR) is 65.2 cm³/mol. The first kappa shape index (κ1) is 12.3. The van der Waals surface area contributed by atoms with Crippen molar-refractivity contribution in [3.8, 4) is 0 Å². The van der Waals surface area contributed by atoms with Gasteiger partial charge in [0, 0.05) is 12.7 Å². The smallest absolute Gasteiger partial charge is 0.257 e. The molecule has 0 spiro atoms. The van der Waals surface area contributed by atoms with Crippen LogP contribution >= 0.6 is 11.6 Å². The first-order valence-corrected chi connectivity index (χ1v) is 6.00. The Bertz CT molecular complexity index is 425. The Kier molecular flexibility index (Phi) is 3.64. The van der Waals surface area contributed by atoms with E-state index in [-0.39, 0.29) is 23.2 Å². The monoisotopic (exact) mass is 254 g/mol. The lowest BCUT2D eigenvalue weighted by atomic mass is 10.1. The number of morpholine rings is 1. The average Bonchev–Trinajstić information content (AvgIpc) is 2.32. The molecule has 1 aliphatic heterocycles. The van der Waals surface area contributed by atoms with Crippen molar-refractivity contribution < 1.29 is 9.53 Å². The summed E-state index contributed by atoms with van der Waals surface area (Å²) in [6, 6.07) is 3.48. The molecule has 1 fully saturated rings. The minimum absolute atomic E-state index is 0.0607. The third kappa shape index (κ3) is 2.58. The van der Waals surface area contributed by atoms with E-state index in [1.165, 1.54) is 0 Å². The van der Waals surface area contributed by atoms with Gasteiger partial charge in [0.15, 0.2) is 0 Å². The van der Waals surface area contributed by atoms with Crippen LogP contribution < -0.4 is 0 Å². The van der Waals surface area contributed by atoms with Crippen molar-refractivity contribution in [2.24, 2.45) is 0 Å². The van der Waals surface area contributed by atoms with Gasteiger partial charge < -0.3 is 9.64 Å². The maximum Gasteiger partial charge on any atom is 0.257 e. The van der Waals surface area contributed by atoms with Gasteiger partial charge in [0.25, 0.3) is 5.91 Å². The Morgan fingerprint density at radius 1 is 1.59 bits per heavy atom. The van der Waals surface area contributed by atoms with Crippen molar-refractivity contribution in [1.29, 1.82) is 0 Å². The molecular formula is C12H15ClN2O2. The SMILES string of the molecule is CC1CN(C(=O)c2cccnc2Cl)C(C)CO1. The number of carbonyl (C=O) groups is 1. The number of halogens is 1. The van der Waals surface area contributed by atoms with E-state index in [0.29, 0.717) is 18.7 Å². The van der Waals surface area contributed by atoms with Crippen LogP contribution in [0.3, 0.4) is 0 Å². The number of rotatable bonds is 1. The summed E-state index contributed by atoms with van der Waals surface area (Å²) in [5.41, 5.74) is 0.454. The lowest BCUT2D eigenvalue weighted by Gasteiger charge is -2.36. The lowest BCUT2D eigenvalue weighted by molar-refractivity contribution is -0.0387. The zero-order valence-electron chi connectivity index (χ0n) is 9.89. The molecule has 0 N–H and O–H groups in total. The molecule has 1 amide bonds. The van der Waals surface area contributed by atoms with E-state index in [0.717, 1.165) is 0 Å². The van der Waals surface area contributed by atoms with E-state index < -0.39 is 0 Å². The third-order valence-corrected chi connectivity index (χ3v) is 3.16. The number of pyridine rings is 1. The number of amides is 1. The van der Waals surface area contributed by atoms with Crippen molar-refractivity contribution in [2.75, 3.05) is 13.2 Å².